The number of aliphatic hydroxyl groups excluding tert-OH is 1. The Bertz CT molecular complexity index is 1130. The minimum absolute atomic E-state index is 0.0607. The van der Waals surface area contributed by atoms with Gasteiger partial charge in [-0.15, -0.1) is 0 Å². The van der Waals surface area contributed by atoms with E-state index in [-0.39, 0.29) is 12.5 Å². The monoisotopic (exact) mass is 575 g/mol. The van der Waals surface area contributed by atoms with Crippen molar-refractivity contribution < 1.29 is 9.90 Å². The highest BCUT2D eigenvalue weighted by Gasteiger charge is 2.32. The molecule has 228 valence electrons. The fourth-order valence-corrected chi connectivity index (χ4v) is 7.11. The van der Waals surface area contributed by atoms with Crippen molar-refractivity contribution in [3.63, 3.8) is 0 Å². The normalized spacial score (nSPS) is 19.9. The molecule has 9 heteroatoms. The number of aliphatic hydroxyl groups is 1. The third-order valence-electron chi connectivity index (χ3n) is 9.23. The lowest BCUT2D eigenvalue weighted by atomic mass is 9.86. The van der Waals surface area contributed by atoms with Crippen LogP contribution in [0.3, 0.4) is 0 Å². The van der Waals surface area contributed by atoms with Gasteiger partial charge < -0.3 is 20.0 Å². The Hall–Kier alpha value is -3.01. The topological polar surface area (TPSA) is 104 Å². The van der Waals surface area contributed by atoms with Crippen molar-refractivity contribution in [2.24, 2.45) is 0 Å². The van der Waals surface area contributed by atoms with Crippen LogP contribution in [0.4, 0.5) is 0 Å². The number of benzene rings is 1. The maximum atomic E-state index is 13.5. The molecule has 0 bridgehead atoms. The van der Waals surface area contributed by atoms with E-state index in [9.17, 15) is 9.90 Å². The number of H-pyrrole nitrogens is 2. The third-order valence-corrected chi connectivity index (χ3v) is 9.23. The van der Waals surface area contributed by atoms with Gasteiger partial charge in [0, 0.05) is 61.6 Å². The lowest BCUT2D eigenvalue weighted by Gasteiger charge is -2.44. The van der Waals surface area contributed by atoms with E-state index in [1.165, 1.54) is 76.3 Å². The average Bonchev–Trinajstić information content (AvgIpc) is 3.75. The second kappa shape index (κ2) is 15.5. The van der Waals surface area contributed by atoms with E-state index in [0.29, 0.717) is 37.3 Å². The van der Waals surface area contributed by atoms with Crippen LogP contribution >= 0.6 is 0 Å². The van der Waals surface area contributed by atoms with Crippen molar-refractivity contribution in [1.82, 2.24) is 34.6 Å². The van der Waals surface area contributed by atoms with Crippen molar-refractivity contribution in [3.05, 3.63) is 71.8 Å². The molecule has 1 aromatic carbocycles. The van der Waals surface area contributed by atoms with Crippen LogP contribution < -0.4 is 0 Å². The molecule has 0 spiro atoms. The minimum atomic E-state index is -0.0607. The van der Waals surface area contributed by atoms with Crippen LogP contribution in [0.5, 0.6) is 0 Å². The van der Waals surface area contributed by atoms with Gasteiger partial charge in [0.25, 0.3) is 5.91 Å². The molecule has 0 saturated heterocycles. The van der Waals surface area contributed by atoms with Crippen LogP contribution in [0, 0.1) is 0 Å². The zero-order valence-electron chi connectivity index (χ0n) is 25.3. The molecular weight excluding hydrogens is 526 g/mol. The Morgan fingerprint density at radius 2 is 1.40 bits per heavy atom. The van der Waals surface area contributed by atoms with Gasteiger partial charge in [-0.25, -0.2) is 9.97 Å². The van der Waals surface area contributed by atoms with E-state index < -0.39 is 0 Å². The van der Waals surface area contributed by atoms with E-state index in [1.807, 2.05) is 12.1 Å². The van der Waals surface area contributed by atoms with Crippen LogP contribution in [0.25, 0.3) is 0 Å². The highest BCUT2D eigenvalue weighted by atomic mass is 16.3. The number of amides is 1. The first-order valence-electron chi connectivity index (χ1n) is 16.1. The van der Waals surface area contributed by atoms with Crippen LogP contribution in [-0.2, 0) is 19.6 Å². The lowest BCUT2D eigenvalue weighted by Crippen LogP contribution is -2.49. The number of aromatic amines is 2. The number of nitrogens with one attached hydrogen (secondary N) is 2. The number of hydrogen-bond acceptors (Lipinski definition) is 6. The summed E-state index contributed by atoms with van der Waals surface area (Å²) in [6.45, 7) is 5.92. The van der Waals surface area contributed by atoms with Gasteiger partial charge in [0.1, 0.15) is 11.6 Å². The first-order valence-corrected chi connectivity index (χ1v) is 16.1. The summed E-state index contributed by atoms with van der Waals surface area (Å²) in [7, 11) is 0. The third kappa shape index (κ3) is 8.08. The molecule has 2 heterocycles. The van der Waals surface area contributed by atoms with Crippen LogP contribution in [0.2, 0.25) is 0 Å². The molecule has 5 rings (SSSR count). The average molecular weight is 576 g/mol. The van der Waals surface area contributed by atoms with Crippen molar-refractivity contribution >= 4 is 5.91 Å². The summed E-state index contributed by atoms with van der Waals surface area (Å²) in [5, 5.41) is 9.90. The maximum absolute atomic E-state index is 13.5. The molecule has 3 aromatic rings. The summed E-state index contributed by atoms with van der Waals surface area (Å²) >= 11 is 0. The number of nitrogens with zero attached hydrogens (tertiary/aromatic N) is 5. The zero-order chi connectivity index (χ0) is 29.1. The van der Waals surface area contributed by atoms with E-state index in [1.54, 1.807) is 29.7 Å². The predicted octanol–water partition coefficient (Wildman–Crippen LogP) is 5.13. The van der Waals surface area contributed by atoms with Crippen LogP contribution in [0.15, 0.2) is 49.1 Å². The molecule has 0 unspecified atom stereocenters. The number of carbonyl (C=O) groups excluding carboxylic acids is 1. The van der Waals surface area contributed by atoms with Gasteiger partial charge in [0.15, 0.2) is 0 Å². The van der Waals surface area contributed by atoms with E-state index in [4.69, 9.17) is 0 Å². The molecule has 2 aliphatic rings. The molecule has 0 aliphatic heterocycles. The Morgan fingerprint density at radius 3 is 1.95 bits per heavy atom. The van der Waals surface area contributed by atoms with Crippen molar-refractivity contribution in [2.45, 2.75) is 109 Å². The molecule has 3 N–H and O–H groups in total. The molecule has 2 aromatic heterocycles. The Kier molecular flexibility index (Phi) is 11.2. The standard InChI is InChI=1S/C33H49N7O2/c1-2-20-40(29-6-4-3-5-7-29)30-14-12-28(13-15-30)38(21-22-41)23-26-8-10-27(11-9-26)33(42)39(24-31-34-16-17-35-31)25-32-36-18-19-37-32/h8-11,16-19,28-30,41H,2-7,12-15,20-25H2,1H3,(H,34,35)(H,36,37)/t28-,30-. The second-order valence-corrected chi connectivity index (χ2v) is 12.1. The summed E-state index contributed by atoms with van der Waals surface area (Å²) in [5.41, 5.74) is 1.81. The van der Waals surface area contributed by atoms with Crippen LogP contribution in [0.1, 0.15) is 98.7 Å². The van der Waals surface area contributed by atoms with E-state index in [2.05, 4.69) is 48.8 Å². The number of hydrogen-bond donors (Lipinski definition) is 3. The van der Waals surface area contributed by atoms with Gasteiger partial charge in [0.05, 0.1) is 19.7 Å². The summed E-state index contributed by atoms with van der Waals surface area (Å²) in [6, 6.07) is 9.95. The molecule has 0 radical (unpaired) electrons. The van der Waals surface area contributed by atoms with Gasteiger partial charge >= 0.3 is 0 Å². The van der Waals surface area contributed by atoms with E-state index >= 15 is 0 Å². The summed E-state index contributed by atoms with van der Waals surface area (Å²) in [5.74, 6) is 1.41. The van der Waals surface area contributed by atoms with Gasteiger partial charge in [0.2, 0.25) is 0 Å². The first kappa shape index (κ1) is 30.4. The number of carbonyl (C=O) groups is 1. The number of rotatable bonds is 14. The fourth-order valence-electron chi connectivity index (χ4n) is 7.11. The minimum Gasteiger partial charge on any atom is -0.395 e. The number of imidazole rings is 2. The Labute approximate surface area is 250 Å². The van der Waals surface area contributed by atoms with Crippen molar-refractivity contribution in [1.29, 1.82) is 0 Å². The first-order chi connectivity index (χ1) is 20.6. The van der Waals surface area contributed by atoms with Gasteiger partial charge in [-0.2, -0.15) is 0 Å². The van der Waals surface area contributed by atoms with Crippen LogP contribution in [-0.4, -0.2) is 83.5 Å². The molecule has 42 heavy (non-hydrogen) atoms. The predicted molar refractivity (Wildman–Crippen MR) is 165 cm³/mol. The molecule has 2 fully saturated rings. The molecule has 2 saturated carbocycles. The quantitative estimate of drug-likeness (QED) is 0.246. The van der Waals surface area contributed by atoms with Gasteiger partial charge in [-0.3, -0.25) is 14.6 Å². The smallest absolute Gasteiger partial charge is 0.254 e. The van der Waals surface area contributed by atoms with Crippen molar-refractivity contribution in [2.75, 3.05) is 19.7 Å². The highest BCUT2D eigenvalue weighted by Crippen LogP contribution is 2.32. The Balaban J connectivity index is 1.19. The van der Waals surface area contributed by atoms with E-state index in [0.717, 1.165) is 24.2 Å². The molecular formula is C33H49N7O2. The highest BCUT2D eigenvalue weighted by molar-refractivity contribution is 5.94. The fraction of sp³-hybridized carbons (Fsp3) is 0.606. The zero-order valence-corrected chi connectivity index (χ0v) is 25.3. The largest absolute Gasteiger partial charge is 0.395 e. The summed E-state index contributed by atoms with van der Waals surface area (Å²) < 4.78 is 0. The molecule has 0 atom stereocenters. The second-order valence-electron chi connectivity index (χ2n) is 12.1. The molecule has 9 nitrogen and oxygen atoms in total. The van der Waals surface area contributed by atoms with Crippen molar-refractivity contribution in [3.8, 4) is 0 Å². The number of aromatic nitrogens is 4. The summed E-state index contributed by atoms with van der Waals surface area (Å²) in [6.07, 6.45) is 20.0. The maximum Gasteiger partial charge on any atom is 0.254 e. The Morgan fingerprint density at radius 1 is 0.810 bits per heavy atom. The van der Waals surface area contributed by atoms with Gasteiger partial charge in [-0.1, -0.05) is 38.3 Å². The summed E-state index contributed by atoms with van der Waals surface area (Å²) in [4.78, 5) is 35.4. The van der Waals surface area contributed by atoms with Gasteiger partial charge in [-0.05, 0) is 69.2 Å². The SMILES string of the molecule is CCCN(C1CCCCC1)[C@H]1CC[C@H](N(CCO)Cc2ccc(C(=O)N(Cc3ncc[nH]3)Cc3ncc[nH]3)cc2)CC1. The molecule has 2 aliphatic carbocycles. The molecule has 1 amide bonds. The lowest BCUT2D eigenvalue weighted by molar-refractivity contribution is 0.0469.